The minimum absolute atomic E-state index is 0.168. The molecule has 1 aromatic carbocycles. The topological polar surface area (TPSA) is 94.0 Å². The summed E-state index contributed by atoms with van der Waals surface area (Å²) in [6.45, 7) is 2.20. The summed E-state index contributed by atoms with van der Waals surface area (Å²) in [7, 11) is 0. The van der Waals surface area contributed by atoms with E-state index in [1.54, 1.807) is 25.1 Å². The lowest BCUT2D eigenvalue weighted by atomic mass is 10.2. The van der Waals surface area contributed by atoms with E-state index in [0.717, 1.165) is 5.56 Å². The minimum atomic E-state index is -0.168. The van der Waals surface area contributed by atoms with Crippen LogP contribution in [-0.2, 0) is 11.2 Å². The molecule has 1 heterocycles. The molecule has 0 fully saturated rings. The maximum absolute atomic E-state index is 11.6. The van der Waals surface area contributed by atoms with Gasteiger partial charge in [0.05, 0.1) is 0 Å². The van der Waals surface area contributed by atoms with E-state index in [2.05, 4.69) is 15.5 Å². The first kappa shape index (κ1) is 13.8. The first-order valence-electron chi connectivity index (χ1n) is 6.24. The lowest BCUT2D eigenvalue weighted by Crippen LogP contribution is -2.23. The number of anilines is 1. The lowest BCUT2D eigenvalue weighted by Gasteiger charge is -1.99. The Morgan fingerprint density at radius 2 is 2.15 bits per heavy atom. The zero-order valence-electron chi connectivity index (χ0n) is 11.2. The standard InChI is InChI=1S/C14H16N4O2/c1-10-17-14(20-18-10)8-9-16-13(19)7-4-11-2-5-12(15)6-3-11/h2-7H,8-9,15H2,1H3,(H,16,19)/b7-4+. The Balaban J connectivity index is 1.76. The molecule has 0 aliphatic carbocycles. The van der Waals surface area contributed by atoms with Gasteiger partial charge < -0.3 is 15.6 Å². The van der Waals surface area contributed by atoms with Crippen molar-refractivity contribution in [3.8, 4) is 0 Å². The predicted molar refractivity (Wildman–Crippen MR) is 75.6 cm³/mol. The third-order valence-corrected chi connectivity index (χ3v) is 2.57. The quantitative estimate of drug-likeness (QED) is 0.632. The highest BCUT2D eigenvalue weighted by Crippen LogP contribution is 2.06. The Kier molecular flexibility index (Phi) is 4.49. The molecule has 2 aromatic rings. The van der Waals surface area contributed by atoms with Crippen LogP contribution in [0.1, 0.15) is 17.3 Å². The van der Waals surface area contributed by atoms with Gasteiger partial charge in [0.25, 0.3) is 0 Å². The molecule has 0 atom stereocenters. The summed E-state index contributed by atoms with van der Waals surface area (Å²) in [5, 5.41) is 6.42. The Hall–Kier alpha value is -2.63. The number of nitrogens with zero attached hydrogens (tertiary/aromatic N) is 2. The third-order valence-electron chi connectivity index (χ3n) is 2.57. The summed E-state index contributed by atoms with van der Waals surface area (Å²) < 4.78 is 4.94. The van der Waals surface area contributed by atoms with Crippen LogP contribution < -0.4 is 11.1 Å². The maximum Gasteiger partial charge on any atom is 0.244 e. The zero-order valence-corrected chi connectivity index (χ0v) is 11.2. The predicted octanol–water partition coefficient (Wildman–Crippen LogP) is 1.33. The van der Waals surface area contributed by atoms with E-state index in [1.165, 1.54) is 6.08 Å². The highest BCUT2D eigenvalue weighted by molar-refractivity contribution is 5.91. The Morgan fingerprint density at radius 1 is 1.40 bits per heavy atom. The number of nitrogens with two attached hydrogens (primary N) is 1. The summed E-state index contributed by atoms with van der Waals surface area (Å²) in [6.07, 6.45) is 3.72. The number of benzene rings is 1. The third kappa shape index (κ3) is 4.24. The minimum Gasteiger partial charge on any atom is -0.399 e. The van der Waals surface area contributed by atoms with Crippen molar-refractivity contribution in [1.82, 2.24) is 15.5 Å². The zero-order chi connectivity index (χ0) is 14.4. The van der Waals surface area contributed by atoms with E-state index < -0.39 is 0 Å². The van der Waals surface area contributed by atoms with Gasteiger partial charge in [-0.15, -0.1) is 0 Å². The van der Waals surface area contributed by atoms with Crippen LogP contribution in [0.15, 0.2) is 34.9 Å². The fraction of sp³-hybridized carbons (Fsp3) is 0.214. The number of nitrogen functional groups attached to an aromatic ring is 1. The van der Waals surface area contributed by atoms with E-state index in [1.807, 2.05) is 12.1 Å². The first-order valence-corrected chi connectivity index (χ1v) is 6.24. The Bertz CT molecular complexity index is 602. The molecule has 0 saturated carbocycles. The summed E-state index contributed by atoms with van der Waals surface area (Å²) in [4.78, 5) is 15.6. The molecule has 20 heavy (non-hydrogen) atoms. The molecule has 1 amide bonds. The van der Waals surface area contributed by atoms with Gasteiger partial charge in [-0.3, -0.25) is 4.79 Å². The number of carbonyl (C=O) groups excluding carboxylic acids is 1. The number of aryl methyl sites for hydroxylation is 1. The van der Waals surface area contributed by atoms with Gasteiger partial charge in [0.15, 0.2) is 5.82 Å². The van der Waals surface area contributed by atoms with Crippen molar-refractivity contribution in [1.29, 1.82) is 0 Å². The van der Waals surface area contributed by atoms with Crippen molar-refractivity contribution in [3.05, 3.63) is 47.6 Å². The molecule has 0 spiro atoms. The molecule has 3 N–H and O–H groups in total. The molecule has 0 bridgehead atoms. The van der Waals surface area contributed by atoms with Gasteiger partial charge in [0.1, 0.15) is 0 Å². The highest BCUT2D eigenvalue weighted by Gasteiger charge is 2.02. The molecular weight excluding hydrogens is 256 g/mol. The van der Waals surface area contributed by atoms with Crippen LogP contribution in [0.5, 0.6) is 0 Å². The molecule has 0 saturated heterocycles. The number of amides is 1. The van der Waals surface area contributed by atoms with Crippen molar-refractivity contribution in [2.24, 2.45) is 0 Å². The van der Waals surface area contributed by atoms with E-state index in [9.17, 15) is 4.79 Å². The van der Waals surface area contributed by atoms with E-state index in [-0.39, 0.29) is 5.91 Å². The van der Waals surface area contributed by atoms with Gasteiger partial charge in [-0.05, 0) is 30.7 Å². The number of hydrogen-bond acceptors (Lipinski definition) is 5. The lowest BCUT2D eigenvalue weighted by molar-refractivity contribution is -0.116. The average molecular weight is 272 g/mol. The summed E-state index contributed by atoms with van der Waals surface area (Å²) in [5.41, 5.74) is 7.20. The van der Waals surface area contributed by atoms with E-state index in [4.69, 9.17) is 10.3 Å². The van der Waals surface area contributed by atoms with Crippen molar-refractivity contribution in [3.63, 3.8) is 0 Å². The molecule has 6 heteroatoms. The highest BCUT2D eigenvalue weighted by atomic mass is 16.5. The van der Waals surface area contributed by atoms with E-state index >= 15 is 0 Å². The summed E-state index contributed by atoms with van der Waals surface area (Å²) in [5.74, 6) is 0.943. The smallest absolute Gasteiger partial charge is 0.244 e. The fourth-order valence-electron chi connectivity index (χ4n) is 1.57. The van der Waals surface area contributed by atoms with Gasteiger partial charge in [-0.25, -0.2) is 0 Å². The SMILES string of the molecule is Cc1noc(CCNC(=O)/C=C/c2ccc(N)cc2)n1. The molecular formula is C14H16N4O2. The van der Waals surface area contributed by atoms with Gasteiger partial charge in [-0.1, -0.05) is 17.3 Å². The molecule has 1 aromatic heterocycles. The number of carbonyl (C=O) groups is 1. The van der Waals surface area contributed by atoms with Crippen molar-refractivity contribution in [2.75, 3.05) is 12.3 Å². The number of rotatable bonds is 5. The second-order valence-corrected chi connectivity index (χ2v) is 4.28. The number of hydrogen-bond donors (Lipinski definition) is 2. The fourth-order valence-corrected chi connectivity index (χ4v) is 1.57. The number of aromatic nitrogens is 2. The molecule has 0 aliphatic rings. The second kappa shape index (κ2) is 6.51. The Morgan fingerprint density at radius 3 is 2.80 bits per heavy atom. The van der Waals surface area contributed by atoms with Crippen LogP contribution in [-0.4, -0.2) is 22.6 Å². The van der Waals surface area contributed by atoms with Crippen LogP contribution in [0, 0.1) is 6.92 Å². The number of nitrogens with one attached hydrogen (secondary N) is 1. The van der Waals surface area contributed by atoms with E-state index in [0.29, 0.717) is 30.4 Å². The maximum atomic E-state index is 11.6. The van der Waals surface area contributed by atoms with Crippen molar-refractivity contribution >= 4 is 17.7 Å². The summed E-state index contributed by atoms with van der Waals surface area (Å²) in [6, 6.07) is 7.27. The molecule has 2 rings (SSSR count). The molecule has 0 aliphatic heterocycles. The van der Waals surface area contributed by atoms with Crippen molar-refractivity contribution in [2.45, 2.75) is 13.3 Å². The van der Waals surface area contributed by atoms with Crippen LogP contribution in [0.4, 0.5) is 5.69 Å². The van der Waals surface area contributed by atoms with Crippen LogP contribution in [0.3, 0.4) is 0 Å². The summed E-state index contributed by atoms with van der Waals surface area (Å²) >= 11 is 0. The normalized spacial score (nSPS) is 10.8. The molecule has 0 radical (unpaired) electrons. The van der Waals surface area contributed by atoms with Crippen LogP contribution in [0.25, 0.3) is 6.08 Å². The average Bonchev–Trinajstić information content (AvgIpc) is 2.84. The van der Waals surface area contributed by atoms with Gasteiger partial charge in [-0.2, -0.15) is 4.98 Å². The molecule has 0 unspecified atom stereocenters. The van der Waals surface area contributed by atoms with Gasteiger partial charge in [0, 0.05) is 24.7 Å². The first-order chi connectivity index (χ1) is 9.63. The van der Waals surface area contributed by atoms with Crippen LogP contribution in [0.2, 0.25) is 0 Å². The monoisotopic (exact) mass is 272 g/mol. The van der Waals surface area contributed by atoms with Crippen LogP contribution >= 0.6 is 0 Å². The van der Waals surface area contributed by atoms with Gasteiger partial charge >= 0.3 is 0 Å². The second-order valence-electron chi connectivity index (χ2n) is 4.28. The molecule has 6 nitrogen and oxygen atoms in total. The molecule has 104 valence electrons. The Labute approximate surface area is 116 Å². The van der Waals surface area contributed by atoms with Crippen molar-refractivity contribution < 1.29 is 9.32 Å². The largest absolute Gasteiger partial charge is 0.399 e. The van der Waals surface area contributed by atoms with Gasteiger partial charge in [0.2, 0.25) is 11.8 Å².